The molecule has 1 fully saturated rings. The molecule has 2 unspecified atom stereocenters. The molecule has 1 aromatic carbocycles. The standard InChI is InChI=1S/C29H45ClN4O8/c1-18(2)21(22(35)34-14-13-29(39,26(3,4)16-34)19-9-11-20(30)12-10-19)33-24(37)32-15-27(5,6)42-25(38)41-17-40-23(36)28(7,8)31/h9-12,18,21,39H,13-17,31H2,1-8H3,(H2,32,33,37). The smallest absolute Gasteiger partial charge is 0.426 e. The Hall–Kier alpha value is -3.09. The maximum Gasteiger partial charge on any atom is 0.511 e. The summed E-state index contributed by atoms with van der Waals surface area (Å²) in [7, 11) is 0. The lowest BCUT2D eigenvalue weighted by Crippen LogP contribution is -2.61. The minimum Gasteiger partial charge on any atom is -0.426 e. The molecule has 42 heavy (non-hydrogen) atoms. The van der Waals surface area contributed by atoms with Crippen molar-refractivity contribution in [3.8, 4) is 0 Å². The zero-order valence-electron chi connectivity index (χ0n) is 25.7. The molecule has 2 rings (SSSR count). The van der Waals surface area contributed by atoms with Gasteiger partial charge in [0.1, 0.15) is 17.2 Å². The van der Waals surface area contributed by atoms with Crippen molar-refractivity contribution in [3.63, 3.8) is 0 Å². The molecule has 0 aromatic heterocycles. The molecule has 0 radical (unpaired) electrons. The van der Waals surface area contributed by atoms with Crippen LogP contribution in [0.1, 0.15) is 67.4 Å². The van der Waals surface area contributed by atoms with Gasteiger partial charge in [0, 0.05) is 23.5 Å². The summed E-state index contributed by atoms with van der Waals surface area (Å²) in [6.45, 7) is 13.2. The van der Waals surface area contributed by atoms with Gasteiger partial charge in [0.05, 0.1) is 12.1 Å². The molecular formula is C29H45ClN4O8. The first-order valence-electron chi connectivity index (χ1n) is 13.8. The summed E-state index contributed by atoms with van der Waals surface area (Å²) in [5.41, 5.74) is 2.04. The predicted molar refractivity (Wildman–Crippen MR) is 156 cm³/mol. The van der Waals surface area contributed by atoms with Gasteiger partial charge in [-0.25, -0.2) is 14.4 Å². The Morgan fingerprint density at radius 3 is 2.21 bits per heavy atom. The quantitative estimate of drug-likeness (QED) is 0.229. The number of nitrogens with one attached hydrogen (secondary N) is 2. The number of rotatable bonds is 10. The molecule has 0 saturated carbocycles. The van der Waals surface area contributed by atoms with Crippen LogP contribution < -0.4 is 16.4 Å². The van der Waals surface area contributed by atoms with Crippen molar-refractivity contribution in [1.82, 2.24) is 15.5 Å². The molecule has 13 heteroatoms. The molecule has 0 aliphatic carbocycles. The lowest BCUT2D eigenvalue weighted by Gasteiger charge is -2.51. The summed E-state index contributed by atoms with van der Waals surface area (Å²) in [5, 5.41) is 17.5. The van der Waals surface area contributed by atoms with Gasteiger partial charge >= 0.3 is 18.2 Å². The van der Waals surface area contributed by atoms with E-state index in [1.807, 2.05) is 27.7 Å². The summed E-state index contributed by atoms with van der Waals surface area (Å²) >= 11 is 6.03. The zero-order chi connectivity index (χ0) is 32.1. The normalized spacial score (nSPS) is 19.5. The van der Waals surface area contributed by atoms with E-state index in [4.69, 9.17) is 31.5 Å². The van der Waals surface area contributed by atoms with E-state index in [1.165, 1.54) is 13.8 Å². The lowest BCUT2D eigenvalue weighted by molar-refractivity contribution is -0.159. The predicted octanol–water partition coefficient (Wildman–Crippen LogP) is 3.28. The van der Waals surface area contributed by atoms with E-state index in [1.54, 1.807) is 43.0 Å². The first kappa shape index (κ1) is 35.1. The number of hydrogen-bond donors (Lipinski definition) is 4. The second kappa shape index (κ2) is 13.5. The van der Waals surface area contributed by atoms with E-state index in [-0.39, 0.29) is 24.9 Å². The number of likely N-dealkylation sites (tertiary alicyclic amines) is 1. The number of carbonyl (C=O) groups is 4. The highest BCUT2D eigenvalue weighted by molar-refractivity contribution is 6.30. The Balaban J connectivity index is 1.93. The van der Waals surface area contributed by atoms with E-state index in [9.17, 15) is 24.3 Å². The Morgan fingerprint density at radius 1 is 1.10 bits per heavy atom. The van der Waals surface area contributed by atoms with Crippen molar-refractivity contribution in [3.05, 3.63) is 34.9 Å². The third-order valence-electron chi connectivity index (χ3n) is 7.23. The Bertz CT molecular complexity index is 1130. The maximum absolute atomic E-state index is 13.6. The Morgan fingerprint density at radius 2 is 1.69 bits per heavy atom. The van der Waals surface area contributed by atoms with Gasteiger partial charge in [-0.15, -0.1) is 0 Å². The highest BCUT2D eigenvalue weighted by Crippen LogP contribution is 2.46. The number of ether oxygens (including phenoxy) is 3. The molecule has 236 valence electrons. The number of urea groups is 1. The van der Waals surface area contributed by atoms with Gasteiger partial charge in [-0.1, -0.05) is 51.4 Å². The van der Waals surface area contributed by atoms with Crippen LogP contribution in [-0.4, -0.2) is 77.7 Å². The zero-order valence-corrected chi connectivity index (χ0v) is 26.5. The van der Waals surface area contributed by atoms with Crippen LogP contribution in [0.2, 0.25) is 5.02 Å². The topological polar surface area (TPSA) is 170 Å². The fourth-order valence-electron chi connectivity index (χ4n) is 4.57. The maximum atomic E-state index is 13.6. The summed E-state index contributed by atoms with van der Waals surface area (Å²) in [6, 6.07) is 5.60. The van der Waals surface area contributed by atoms with Crippen molar-refractivity contribution in [2.24, 2.45) is 17.1 Å². The number of aliphatic hydroxyl groups is 1. The van der Waals surface area contributed by atoms with E-state index < -0.39 is 53.1 Å². The number of piperidine rings is 1. The van der Waals surface area contributed by atoms with Gasteiger partial charge < -0.3 is 40.6 Å². The van der Waals surface area contributed by atoms with E-state index in [0.29, 0.717) is 18.0 Å². The number of benzene rings is 1. The average molecular weight is 613 g/mol. The van der Waals surface area contributed by atoms with Crippen LogP contribution in [-0.2, 0) is 29.4 Å². The number of halogens is 1. The fraction of sp³-hybridized carbons (Fsp3) is 0.655. The van der Waals surface area contributed by atoms with Crippen LogP contribution in [0.15, 0.2) is 24.3 Å². The second-order valence-corrected chi connectivity index (χ2v) is 13.3. The SMILES string of the molecule is CC(C)C(NC(=O)NCC(C)(C)OC(=O)OCOC(=O)C(C)(C)N)C(=O)N1CCC(O)(c2ccc(Cl)cc2)C(C)(C)C1. The first-order valence-corrected chi connectivity index (χ1v) is 14.2. The number of esters is 1. The van der Waals surface area contributed by atoms with Gasteiger partial charge in [-0.3, -0.25) is 4.79 Å². The van der Waals surface area contributed by atoms with Gasteiger partial charge in [0.2, 0.25) is 12.7 Å². The number of amides is 3. The van der Waals surface area contributed by atoms with E-state index in [0.717, 1.165) is 5.56 Å². The van der Waals surface area contributed by atoms with E-state index in [2.05, 4.69) is 10.6 Å². The van der Waals surface area contributed by atoms with Gasteiger partial charge in [-0.2, -0.15) is 0 Å². The minimum atomic E-state index is -1.25. The number of nitrogens with two attached hydrogens (primary N) is 1. The average Bonchev–Trinajstić information content (AvgIpc) is 2.86. The third-order valence-corrected chi connectivity index (χ3v) is 7.48. The molecule has 5 N–H and O–H groups in total. The first-order chi connectivity index (χ1) is 19.2. The molecule has 12 nitrogen and oxygen atoms in total. The van der Waals surface area contributed by atoms with Crippen molar-refractivity contribution < 1.29 is 38.5 Å². The van der Waals surface area contributed by atoms with Crippen LogP contribution in [0.25, 0.3) is 0 Å². The second-order valence-electron chi connectivity index (χ2n) is 12.8. The summed E-state index contributed by atoms with van der Waals surface area (Å²) in [4.78, 5) is 51.7. The number of hydrogen-bond acceptors (Lipinski definition) is 9. The molecule has 0 bridgehead atoms. The lowest BCUT2D eigenvalue weighted by atomic mass is 9.66. The minimum absolute atomic E-state index is 0.104. The molecule has 1 aliphatic heterocycles. The summed E-state index contributed by atoms with van der Waals surface area (Å²) < 4.78 is 14.7. The van der Waals surface area contributed by atoms with Crippen LogP contribution in [0, 0.1) is 11.3 Å². The largest absolute Gasteiger partial charge is 0.511 e. The van der Waals surface area contributed by atoms with Gasteiger partial charge in [0.15, 0.2) is 0 Å². The molecule has 0 spiro atoms. The highest BCUT2D eigenvalue weighted by atomic mass is 35.5. The van der Waals surface area contributed by atoms with Crippen LogP contribution in [0.3, 0.4) is 0 Å². The summed E-state index contributed by atoms with van der Waals surface area (Å²) in [5.74, 6) is -1.25. The third kappa shape index (κ3) is 9.20. The molecule has 1 aromatic rings. The van der Waals surface area contributed by atoms with Crippen LogP contribution in [0.5, 0.6) is 0 Å². The summed E-state index contributed by atoms with van der Waals surface area (Å²) in [6.07, 6.45) is -0.791. The molecule has 2 atom stereocenters. The Labute approximate surface area is 252 Å². The van der Waals surface area contributed by atoms with Crippen molar-refractivity contribution in [2.75, 3.05) is 26.4 Å². The highest BCUT2D eigenvalue weighted by Gasteiger charge is 2.50. The van der Waals surface area contributed by atoms with Gasteiger partial charge in [-0.05, 0) is 57.7 Å². The van der Waals surface area contributed by atoms with Crippen molar-refractivity contribution in [1.29, 1.82) is 0 Å². The number of nitrogens with zero attached hydrogens (tertiary/aromatic N) is 1. The van der Waals surface area contributed by atoms with Crippen LogP contribution >= 0.6 is 11.6 Å². The number of carbonyl (C=O) groups excluding carboxylic acids is 4. The molecule has 3 amide bonds. The molecule has 1 heterocycles. The molecular weight excluding hydrogens is 568 g/mol. The van der Waals surface area contributed by atoms with Gasteiger partial charge in [0.25, 0.3) is 0 Å². The van der Waals surface area contributed by atoms with Crippen LogP contribution in [0.4, 0.5) is 9.59 Å². The monoisotopic (exact) mass is 612 g/mol. The van der Waals surface area contributed by atoms with Crippen molar-refractivity contribution in [2.45, 2.75) is 84.6 Å². The fourth-order valence-corrected chi connectivity index (χ4v) is 4.70. The van der Waals surface area contributed by atoms with E-state index >= 15 is 0 Å². The Kier molecular flexibility index (Phi) is 11.3. The van der Waals surface area contributed by atoms with Crippen molar-refractivity contribution >= 4 is 35.7 Å². The molecule has 1 saturated heterocycles. The molecule has 1 aliphatic rings.